The standard InChI is InChI=1S/C16H18N4O2S2/c1-4-21-14-8-6-5-7-13(14)17-15-18-19-16(24-15)23-9-12-10(2)20-22-11(12)3/h5-8H,4,9H2,1-3H3,(H,17,18). The molecule has 0 saturated carbocycles. The number of nitrogens with zero attached hydrogens (tertiary/aromatic N) is 3. The SMILES string of the molecule is CCOc1ccccc1Nc1nnc(SCc2c(C)noc2C)s1. The molecule has 0 atom stereocenters. The molecule has 0 aliphatic carbocycles. The van der Waals surface area contributed by atoms with Crippen LogP contribution in [0, 0.1) is 13.8 Å². The summed E-state index contributed by atoms with van der Waals surface area (Å²) in [6, 6.07) is 7.79. The maximum absolute atomic E-state index is 5.61. The third-order valence-electron chi connectivity index (χ3n) is 3.36. The Hall–Kier alpha value is -2.06. The summed E-state index contributed by atoms with van der Waals surface area (Å²) in [5, 5.41) is 16.4. The molecule has 3 aromatic rings. The van der Waals surface area contributed by atoms with Crippen molar-refractivity contribution in [1.82, 2.24) is 15.4 Å². The highest BCUT2D eigenvalue weighted by atomic mass is 32.2. The molecule has 126 valence electrons. The van der Waals surface area contributed by atoms with Crippen LogP contribution in [0.15, 0.2) is 33.1 Å². The van der Waals surface area contributed by atoms with Crippen molar-refractivity contribution >= 4 is 33.9 Å². The van der Waals surface area contributed by atoms with E-state index in [0.717, 1.165) is 43.7 Å². The van der Waals surface area contributed by atoms with Gasteiger partial charge in [-0.3, -0.25) is 0 Å². The van der Waals surface area contributed by atoms with Crippen molar-refractivity contribution in [3.63, 3.8) is 0 Å². The van der Waals surface area contributed by atoms with Crippen molar-refractivity contribution in [2.45, 2.75) is 30.9 Å². The zero-order chi connectivity index (χ0) is 16.9. The Morgan fingerprint density at radius 3 is 2.83 bits per heavy atom. The third kappa shape index (κ3) is 3.88. The number of aromatic nitrogens is 3. The normalized spacial score (nSPS) is 10.8. The number of hydrogen-bond acceptors (Lipinski definition) is 8. The number of para-hydroxylation sites is 2. The first-order valence-corrected chi connectivity index (χ1v) is 9.34. The molecule has 2 aromatic heterocycles. The van der Waals surface area contributed by atoms with E-state index in [1.165, 1.54) is 11.3 Å². The molecule has 0 unspecified atom stereocenters. The average Bonchev–Trinajstić information content (AvgIpc) is 3.15. The molecule has 0 spiro atoms. The van der Waals surface area contributed by atoms with Crippen LogP contribution < -0.4 is 10.1 Å². The maximum atomic E-state index is 5.61. The molecular weight excluding hydrogens is 344 g/mol. The Morgan fingerprint density at radius 1 is 1.25 bits per heavy atom. The zero-order valence-electron chi connectivity index (χ0n) is 13.7. The summed E-state index contributed by atoms with van der Waals surface area (Å²) in [4.78, 5) is 0. The van der Waals surface area contributed by atoms with Gasteiger partial charge in [-0.2, -0.15) is 0 Å². The molecule has 0 bridgehead atoms. The van der Waals surface area contributed by atoms with E-state index in [0.29, 0.717) is 6.61 Å². The van der Waals surface area contributed by atoms with Crippen molar-refractivity contribution in [1.29, 1.82) is 0 Å². The summed E-state index contributed by atoms with van der Waals surface area (Å²) in [5.41, 5.74) is 2.93. The molecule has 2 heterocycles. The molecular formula is C16H18N4O2S2. The summed E-state index contributed by atoms with van der Waals surface area (Å²) in [7, 11) is 0. The Kier molecular flexibility index (Phi) is 5.37. The minimum absolute atomic E-state index is 0.618. The second-order valence-electron chi connectivity index (χ2n) is 5.02. The second kappa shape index (κ2) is 7.67. The fourth-order valence-corrected chi connectivity index (χ4v) is 4.04. The summed E-state index contributed by atoms with van der Waals surface area (Å²) < 4.78 is 11.7. The van der Waals surface area contributed by atoms with Crippen LogP contribution in [-0.2, 0) is 5.75 Å². The van der Waals surface area contributed by atoms with Crippen molar-refractivity contribution in [2.24, 2.45) is 0 Å². The monoisotopic (exact) mass is 362 g/mol. The van der Waals surface area contributed by atoms with Gasteiger partial charge in [0, 0.05) is 11.3 Å². The van der Waals surface area contributed by atoms with Crippen LogP contribution in [0.25, 0.3) is 0 Å². The molecule has 3 rings (SSSR count). The van der Waals surface area contributed by atoms with Crippen LogP contribution in [0.2, 0.25) is 0 Å². The number of ether oxygens (including phenoxy) is 1. The quantitative estimate of drug-likeness (QED) is 0.617. The van der Waals surface area contributed by atoms with Gasteiger partial charge >= 0.3 is 0 Å². The number of benzene rings is 1. The van der Waals surface area contributed by atoms with Crippen LogP contribution >= 0.6 is 23.1 Å². The average molecular weight is 362 g/mol. The summed E-state index contributed by atoms with van der Waals surface area (Å²) >= 11 is 3.14. The van der Waals surface area contributed by atoms with Gasteiger partial charge in [-0.15, -0.1) is 10.2 Å². The zero-order valence-corrected chi connectivity index (χ0v) is 15.3. The van der Waals surface area contributed by atoms with Gasteiger partial charge in [0.2, 0.25) is 5.13 Å². The van der Waals surface area contributed by atoms with Gasteiger partial charge in [-0.05, 0) is 32.9 Å². The second-order valence-corrected chi connectivity index (χ2v) is 7.22. The van der Waals surface area contributed by atoms with Crippen LogP contribution in [0.3, 0.4) is 0 Å². The third-order valence-corrected chi connectivity index (χ3v) is 5.35. The largest absolute Gasteiger partial charge is 0.492 e. The molecule has 0 aliphatic rings. The molecule has 0 fully saturated rings. The smallest absolute Gasteiger partial charge is 0.210 e. The lowest BCUT2D eigenvalue weighted by Gasteiger charge is -2.09. The summed E-state index contributed by atoms with van der Waals surface area (Å²) in [6.07, 6.45) is 0. The molecule has 1 N–H and O–H groups in total. The molecule has 0 amide bonds. The van der Waals surface area contributed by atoms with E-state index < -0.39 is 0 Å². The van der Waals surface area contributed by atoms with Gasteiger partial charge in [-0.1, -0.05) is 40.4 Å². The minimum atomic E-state index is 0.618. The van der Waals surface area contributed by atoms with Crippen molar-refractivity contribution < 1.29 is 9.26 Å². The molecule has 0 saturated heterocycles. The first-order chi connectivity index (χ1) is 11.7. The Morgan fingerprint density at radius 2 is 2.08 bits per heavy atom. The summed E-state index contributed by atoms with van der Waals surface area (Å²) in [5.74, 6) is 2.43. The fraction of sp³-hybridized carbons (Fsp3) is 0.312. The number of anilines is 2. The van der Waals surface area contributed by atoms with Crippen LogP contribution in [-0.4, -0.2) is 22.0 Å². The molecule has 1 aromatic carbocycles. The van der Waals surface area contributed by atoms with Gasteiger partial charge in [0.1, 0.15) is 11.5 Å². The lowest BCUT2D eigenvalue weighted by Crippen LogP contribution is -1.97. The molecule has 24 heavy (non-hydrogen) atoms. The van der Waals surface area contributed by atoms with Gasteiger partial charge < -0.3 is 14.6 Å². The number of rotatable bonds is 7. The van der Waals surface area contributed by atoms with Crippen molar-refractivity contribution in [2.75, 3.05) is 11.9 Å². The van der Waals surface area contributed by atoms with E-state index in [2.05, 4.69) is 20.7 Å². The van der Waals surface area contributed by atoms with Gasteiger partial charge in [-0.25, -0.2) is 0 Å². The minimum Gasteiger partial charge on any atom is -0.492 e. The number of nitrogens with one attached hydrogen (secondary N) is 1. The van der Waals surface area contributed by atoms with E-state index in [-0.39, 0.29) is 0 Å². The first kappa shape index (κ1) is 16.8. The van der Waals surface area contributed by atoms with E-state index in [9.17, 15) is 0 Å². The van der Waals surface area contributed by atoms with E-state index in [4.69, 9.17) is 9.26 Å². The lowest BCUT2D eigenvalue weighted by molar-refractivity contribution is 0.342. The predicted molar refractivity (Wildman–Crippen MR) is 96.3 cm³/mol. The van der Waals surface area contributed by atoms with Gasteiger partial charge in [0.15, 0.2) is 4.34 Å². The Balaban J connectivity index is 1.66. The highest BCUT2D eigenvalue weighted by molar-refractivity contribution is 8.00. The van der Waals surface area contributed by atoms with Gasteiger partial charge in [0.05, 0.1) is 18.0 Å². The highest BCUT2D eigenvalue weighted by Crippen LogP contribution is 2.33. The molecule has 0 radical (unpaired) electrons. The van der Waals surface area contributed by atoms with E-state index >= 15 is 0 Å². The van der Waals surface area contributed by atoms with Crippen LogP contribution in [0.4, 0.5) is 10.8 Å². The van der Waals surface area contributed by atoms with Crippen molar-refractivity contribution in [3.05, 3.63) is 41.3 Å². The van der Waals surface area contributed by atoms with E-state index in [1.807, 2.05) is 45.0 Å². The highest BCUT2D eigenvalue weighted by Gasteiger charge is 2.12. The summed E-state index contributed by atoms with van der Waals surface area (Å²) in [6.45, 7) is 6.45. The van der Waals surface area contributed by atoms with Crippen molar-refractivity contribution in [3.8, 4) is 5.75 Å². The Labute approximate surface area is 148 Å². The van der Waals surface area contributed by atoms with Gasteiger partial charge in [0.25, 0.3) is 0 Å². The maximum Gasteiger partial charge on any atom is 0.210 e. The van der Waals surface area contributed by atoms with E-state index in [1.54, 1.807) is 11.8 Å². The van der Waals surface area contributed by atoms with Crippen LogP contribution in [0.1, 0.15) is 23.9 Å². The fourth-order valence-electron chi connectivity index (χ4n) is 2.13. The number of aryl methyl sites for hydroxylation is 2. The number of hydrogen-bond donors (Lipinski definition) is 1. The lowest BCUT2D eigenvalue weighted by atomic mass is 10.2. The first-order valence-electron chi connectivity index (χ1n) is 7.54. The van der Waals surface area contributed by atoms with Crippen LogP contribution in [0.5, 0.6) is 5.75 Å². The molecule has 6 nitrogen and oxygen atoms in total. The molecule has 8 heteroatoms. The molecule has 0 aliphatic heterocycles. The number of thioether (sulfide) groups is 1. The predicted octanol–water partition coefficient (Wildman–Crippen LogP) is 4.58. The Bertz CT molecular complexity index is 797. The topological polar surface area (TPSA) is 73.1 Å².